The second kappa shape index (κ2) is 7.59. The molecule has 1 aliphatic heterocycles. The van der Waals surface area contributed by atoms with Gasteiger partial charge in [0.2, 0.25) is 5.91 Å². The molecular formula is C13H17Cl2N3O3. The molecule has 21 heavy (non-hydrogen) atoms. The van der Waals surface area contributed by atoms with E-state index in [1.54, 1.807) is 19.1 Å². The zero-order valence-electron chi connectivity index (χ0n) is 11.5. The topological polar surface area (TPSA) is 82.5 Å². The monoisotopic (exact) mass is 333 g/mol. The highest BCUT2D eigenvalue weighted by atomic mass is 35.5. The summed E-state index contributed by atoms with van der Waals surface area (Å²) in [6, 6.07) is 2.87. The van der Waals surface area contributed by atoms with Crippen LogP contribution in [0, 0.1) is 5.92 Å². The van der Waals surface area contributed by atoms with Crippen molar-refractivity contribution in [2.45, 2.75) is 19.4 Å². The standard InChI is InChI=1S/C13H16ClN3O3.ClH/c1-8(17-5-4-9(7-17)13(19)20)12(18)16-11-3-2-10(14)6-15-11;/h2-3,6,8-9H,4-5,7H2,1H3,(H,19,20)(H,15,16,18);1H. The van der Waals surface area contributed by atoms with E-state index in [-0.39, 0.29) is 24.2 Å². The van der Waals surface area contributed by atoms with Gasteiger partial charge in [0, 0.05) is 12.7 Å². The molecule has 1 aromatic heterocycles. The number of nitrogens with zero attached hydrogens (tertiary/aromatic N) is 2. The third-order valence-electron chi connectivity index (χ3n) is 3.47. The SMILES string of the molecule is CC(C(=O)Nc1ccc(Cl)cn1)N1CCC(C(=O)O)C1.Cl. The number of aliphatic carboxylic acids is 1. The fourth-order valence-electron chi connectivity index (χ4n) is 2.19. The van der Waals surface area contributed by atoms with Crippen molar-refractivity contribution >= 4 is 41.7 Å². The molecule has 2 N–H and O–H groups in total. The number of nitrogens with one attached hydrogen (secondary N) is 1. The molecule has 0 saturated carbocycles. The van der Waals surface area contributed by atoms with E-state index in [9.17, 15) is 9.59 Å². The number of carboxylic acid groups (broad SMARTS) is 1. The normalized spacial score (nSPS) is 19.6. The van der Waals surface area contributed by atoms with E-state index in [1.807, 2.05) is 4.90 Å². The van der Waals surface area contributed by atoms with Gasteiger partial charge in [-0.25, -0.2) is 4.98 Å². The van der Waals surface area contributed by atoms with E-state index in [2.05, 4.69) is 10.3 Å². The first-order valence-electron chi connectivity index (χ1n) is 6.36. The number of anilines is 1. The molecule has 2 heterocycles. The van der Waals surface area contributed by atoms with Crippen LogP contribution >= 0.6 is 24.0 Å². The molecule has 0 aliphatic carbocycles. The van der Waals surface area contributed by atoms with Gasteiger partial charge in [-0.1, -0.05) is 11.6 Å². The van der Waals surface area contributed by atoms with Crippen LogP contribution in [0.15, 0.2) is 18.3 Å². The summed E-state index contributed by atoms with van der Waals surface area (Å²) in [5.74, 6) is -0.968. The van der Waals surface area contributed by atoms with Gasteiger partial charge in [0.15, 0.2) is 0 Å². The molecule has 6 nitrogen and oxygen atoms in total. The zero-order chi connectivity index (χ0) is 14.7. The maximum atomic E-state index is 12.1. The minimum Gasteiger partial charge on any atom is -0.481 e. The number of carbonyl (C=O) groups is 2. The van der Waals surface area contributed by atoms with Crippen molar-refractivity contribution in [3.05, 3.63) is 23.4 Å². The summed E-state index contributed by atoms with van der Waals surface area (Å²) in [6.45, 7) is 2.77. The smallest absolute Gasteiger partial charge is 0.307 e. The van der Waals surface area contributed by atoms with Crippen LogP contribution in [-0.4, -0.2) is 46.0 Å². The first-order chi connectivity index (χ1) is 9.47. The fraction of sp³-hybridized carbons (Fsp3) is 0.462. The Hall–Kier alpha value is -1.37. The van der Waals surface area contributed by atoms with Gasteiger partial charge in [0.25, 0.3) is 0 Å². The predicted molar refractivity (Wildman–Crippen MR) is 81.9 cm³/mol. The zero-order valence-corrected chi connectivity index (χ0v) is 13.0. The first-order valence-corrected chi connectivity index (χ1v) is 6.74. The summed E-state index contributed by atoms with van der Waals surface area (Å²) < 4.78 is 0. The van der Waals surface area contributed by atoms with E-state index in [4.69, 9.17) is 16.7 Å². The maximum Gasteiger partial charge on any atom is 0.307 e. The summed E-state index contributed by atoms with van der Waals surface area (Å²) in [7, 11) is 0. The number of hydrogen-bond donors (Lipinski definition) is 2. The van der Waals surface area contributed by atoms with E-state index >= 15 is 0 Å². The Kier molecular flexibility index (Phi) is 6.39. The van der Waals surface area contributed by atoms with Gasteiger partial charge in [0.1, 0.15) is 5.82 Å². The second-order valence-corrected chi connectivity index (χ2v) is 5.28. The number of rotatable bonds is 4. The average Bonchev–Trinajstić information content (AvgIpc) is 2.90. The van der Waals surface area contributed by atoms with Gasteiger partial charge in [-0.15, -0.1) is 12.4 Å². The molecule has 0 radical (unpaired) electrons. The molecule has 1 fully saturated rings. The number of carbonyl (C=O) groups excluding carboxylic acids is 1. The van der Waals surface area contributed by atoms with Crippen LogP contribution in [0.5, 0.6) is 0 Å². The van der Waals surface area contributed by atoms with Crippen LogP contribution in [-0.2, 0) is 9.59 Å². The van der Waals surface area contributed by atoms with E-state index in [0.717, 1.165) is 0 Å². The fourth-order valence-corrected chi connectivity index (χ4v) is 2.30. The lowest BCUT2D eigenvalue weighted by molar-refractivity contribution is -0.141. The molecule has 1 saturated heterocycles. The molecular weight excluding hydrogens is 317 g/mol. The average molecular weight is 334 g/mol. The Labute approximate surface area is 133 Å². The van der Waals surface area contributed by atoms with E-state index in [1.165, 1.54) is 6.20 Å². The largest absolute Gasteiger partial charge is 0.481 e. The lowest BCUT2D eigenvalue weighted by Crippen LogP contribution is -2.41. The van der Waals surface area contributed by atoms with Gasteiger partial charge < -0.3 is 10.4 Å². The number of likely N-dealkylation sites (tertiary alicyclic amines) is 1. The Morgan fingerprint density at radius 1 is 1.52 bits per heavy atom. The molecule has 1 amide bonds. The van der Waals surface area contributed by atoms with Gasteiger partial charge in [-0.3, -0.25) is 14.5 Å². The van der Waals surface area contributed by atoms with Crippen LogP contribution in [0.1, 0.15) is 13.3 Å². The summed E-state index contributed by atoms with van der Waals surface area (Å²) in [6.07, 6.45) is 2.03. The minimum absolute atomic E-state index is 0. The van der Waals surface area contributed by atoms with Crippen molar-refractivity contribution in [3.8, 4) is 0 Å². The third-order valence-corrected chi connectivity index (χ3v) is 3.70. The molecule has 0 aromatic carbocycles. The minimum atomic E-state index is -0.806. The van der Waals surface area contributed by atoms with E-state index in [0.29, 0.717) is 30.4 Å². The van der Waals surface area contributed by atoms with Gasteiger partial charge in [-0.2, -0.15) is 0 Å². The molecule has 8 heteroatoms. The molecule has 1 aromatic rings. The number of carboxylic acids is 1. The number of aromatic nitrogens is 1. The van der Waals surface area contributed by atoms with Crippen LogP contribution < -0.4 is 5.32 Å². The molecule has 116 valence electrons. The first kappa shape index (κ1) is 17.7. The highest BCUT2D eigenvalue weighted by molar-refractivity contribution is 6.30. The van der Waals surface area contributed by atoms with Crippen LogP contribution in [0.2, 0.25) is 5.02 Å². The Bertz CT molecular complexity index is 510. The van der Waals surface area contributed by atoms with Crippen LogP contribution in [0.4, 0.5) is 5.82 Å². The summed E-state index contributed by atoms with van der Waals surface area (Å²) in [5.41, 5.74) is 0. The number of amides is 1. The summed E-state index contributed by atoms with van der Waals surface area (Å²) >= 11 is 5.72. The summed E-state index contributed by atoms with van der Waals surface area (Å²) in [5, 5.41) is 12.2. The molecule has 0 bridgehead atoms. The highest BCUT2D eigenvalue weighted by Gasteiger charge is 2.33. The molecule has 2 atom stereocenters. The third kappa shape index (κ3) is 4.56. The highest BCUT2D eigenvalue weighted by Crippen LogP contribution is 2.19. The second-order valence-electron chi connectivity index (χ2n) is 4.85. The number of pyridine rings is 1. The predicted octanol–water partition coefficient (Wildman–Crippen LogP) is 1.89. The van der Waals surface area contributed by atoms with Gasteiger partial charge >= 0.3 is 5.97 Å². The van der Waals surface area contributed by atoms with E-state index < -0.39 is 12.0 Å². The van der Waals surface area contributed by atoms with Crippen molar-refractivity contribution in [2.75, 3.05) is 18.4 Å². The Morgan fingerprint density at radius 3 is 2.76 bits per heavy atom. The number of halogens is 2. The maximum absolute atomic E-state index is 12.1. The van der Waals surface area contributed by atoms with Crippen molar-refractivity contribution in [1.29, 1.82) is 0 Å². The molecule has 1 aliphatic rings. The van der Waals surface area contributed by atoms with Gasteiger partial charge in [0.05, 0.1) is 17.0 Å². The lowest BCUT2D eigenvalue weighted by Gasteiger charge is -2.22. The van der Waals surface area contributed by atoms with Gasteiger partial charge in [-0.05, 0) is 32.0 Å². The van der Waals surface area contributed by atoms with Crippen molar-refractivity contribution in [1.82, 2.24) is 9.88 Å². The van der Waals surface area contributed by atoms with Crippen LogP contribution in [0.25, 0.3) is 0 Å². The summed E-state index contributed by atoms with van der Waals surface area (Å²) in [4.78, 5) is 28.9. The quantitative estimate of drug-likeness (QED) is 0.879. The van der Waals surface area contributed by atoms with Crippen molar-refractivity contribution in [2.24, 2.45) is 5.92 Å². The molecule has 2 rings (SSSR count). The molecule has 2 unspecified atom stereocenters. The van der Waals surface area contributed by atoms with Crippen molar-refractivity contribution in [3.63, 3.8) is 0 Å². The number of hydrogen-bond acceptors (Lipinski definition) is 4. The van der Waals surface area contributed by atoms with Crippen LogP contribution in [0.3, 0.4) is 0 Å². The Morgan fingerprint density at radius 2 is 2.24 bits per heavy atom. The van der Waals surface area contributed by atoms with Crippen molar-refractivity contribution < 1.29 is 14.7 Å². The Balaban J connectivity index is 0.00000220. The molecule has 0 spiro atoms. The lowest BCUT2D eigenvalue weighted by atomic mass is 10.1.